The Kier molecular flexibility index (Phi) is 4.95. The molecular weight excluding hydrogens is 507 g/mol. The first-order valence-corrected chi connectivity index (χ1v) is 12.1. The largest absolute Gasteiger partial charge is 0.507 e. The predicted octanol–water partition coefficient (Wildman–Crippen LogP) is 4.38. The summed E-state index contributed by atoms with van der Waals surface area (Å²) in [7, 11) is 0. The fourth-order valence-corrected chi connectivity index (χ4v) is 5.82. The number of carbonyl (C=O) groups is 2. The number of alkyl halides is 3. The fourth-order valence-electron chi connectivity index (χ4n) is 5.82. The normalized spacial score (nSPS) is 27.0. The highest BCUT2D eigenvalue weighted by Gasteiger charge is 2.63. The smallest absolute Gasteiger partial charge is 0.468 e. The molecule has 4 aliphatic rings. The van der Waals surface area contributed by atoms with E-state index in [0.29, 0.717) is 0 Å². The molecule has 11 heteroatoms. The maximum absolute atomic E-state index is 14.0. The Morgan fingerprint density at radius 2 is 1.50 bits per heavy atom. The molecular formula is C27H24F3NO7. The summed E-state index contributed by atoms with van der Waals surface area (Å²) in [6.07, 6.45) is -6.99. The number of aromatic hydroxyl groups is 2. The van der Waals surface area contributed by atoms with Gasteiger partial charge in [-0.15, -0.1) is 0 Å². The lowest BCUT2D eigenvalue weighted by Crippen LogP contribution is -2.64. The van der Waals surface area contributed by atoms with E-state index in [1.807, 2.05) is 13.8 Å². The first kappa shape index (κ1) is 24.9. The molecule has 1 saturated heterocycles. The zero-order valence-corrected chi connectivity index (χ0v) is 20.7. The van der Waals surface area contributed by atoms with Crippen molar-refractivity contribution >= 4 is 17.5 Å². The summed E-state index contributed by atoms with van der Waals surface area (Å²) >= 11 is 0. The van der Waals surface area contributed by atoms with Gasteiger partial charge in [-0.3, -0.25) is 9.59 Å². The van der Waals surface area contributed by atoms with Gasteiger partial charge in [-0.05, 0) is 6.92 Å². The first-order valence-electron chi connectivity index (χ1n) is 12.1. The fraction of sp³-hybridized carbons (Fsp3) is 0.444. The molecule has 0 aromatic heterocycles. The number of hydrogen-bond acceptors (Lipinski definition) is 8. The molecule has 1 unspecified atom stereocenters. The molecule has 2 aromatic rings. The molecule has 0 saturated carbocycles. The van der Waals surface area contributed by atoms with Crippen molar-refractivity contribution in [3.05, 3.63) is 57.6 Å². The average Bonchev–Trinajstić information content (AvgIpc) is 2.85. The monoisotopic (exact) mass is 531 g/mol. The van der Waals surface area contributed by atoms with Crippen LogP contribution in [0, 0.1) is 5.41 Å². The summed E-state index contributed by atoms with van der Waals surface area (Å²) in [5.41, 5.74) is -3.15. The van der Waals surface area contributed by atoms with E-state index in [1.165, 1.54) is 19.1 Å². The Morgan fingerprint density at radius 3 is 2.05 bits per heavy atom. The summed E-state index contributed by atoms with van der Waals surface area (Å²) in [6, 6.07) is 5.94. The van der Waals surface area contributed by atoms with Crippen LogP contribution in [0.5, 0.6) is 11.5 Å². The second-order valence-corrected chi connectivity index (χ2v) is 11.2. The molecule has 2 heterocycles. The van der Waals surface area contributed by atoms with E-state index in [9.17, 15) is 33.0 Å². The Hall–Kier alpha value is -3.44. The lowest BCUT2D eigenvalue weighted by molar-refractivity contribution is -0.323. The Balaban J connectivity index is 1.57. The number of hydrogen-bond donors (Lipinski definition) is 2. The van der Waals surface area contributed by atoms with Crippen LogP contribution in [0.3, 0.4) is 0 Å². The summed E-state index contributed by atoms with van der Waals surface area (Å²) in [5.74, 6) is -5.89. The Labute approximate surface area is 215 Å². The summed E-state index contributed by atoms with van der Waals surface area (Å²) < 4.78 is 59.3. The van der Waals surface area contributed by atoms with Gasteiger partial charge in [0.25, 0.3) is 5.90 Å². The quantitative estimate of drug-likeness (QED) is 0.448. The minimum atomic E-state index is -4.97. The topological polar surface area (TPSA) is 115 Å². The van der Waals surface area contributed by atoms with Crippen molar-refractivity contribution in [1.82, 2.24) is 0 Å². The highest BCUT2D eigenvalue weighted by atomic mass is 19.4. The maximum atomic E-state index is 14.0. The SMILES string of the molecule is CC1(C)COC(C)([C@]23Cc4c(O)c5c(c(O)c4C(C2)OC(C(F)(F)F)=N3)C(=O)c2ccccc2C5=O)OC1. The van der Waals surface area contributed by atoms with E-state index in [0.717, 1.165) is 0 Å². The lowest BCUT2D eigenvalue weighted by atomic mass is 9.68. The van der Waals surface area contributed by atoms with Gasteiger partial charge in [-0.25, -0.2) is 4.99 Å². The van der Waals surface area contributed by atoms with Crippen molar-refractivity contribution in [3.8, 4) is 11.5 Å². The molecule has 2 aromatic carbocycles. The zero-order chi connectivity index (χ0) is 27.4. The third-order valence-corrected chi connectivity index (χ3v) is 7.91. The van der Waals surface area contributed by atoms with E-state index in [-0.39, 0.29) is 48.3 Å². The van der Waals surface area contributed by atoms with Crippen molar-refractivity contribution in [2.45, 2.75) is 57.2 Å². The van der Waals surface area contributed by atoms with Crippen LogP contribution in [0.2, 0.25) is 0 Å². The van der Waals surface area contributed by atoms with Crippen LogP contribution in [-0.4, -0.2) is 58.4 Å². The number of ketones is 2. The molecule has 2 aliphatic heterocycles. The van der Waals surface area contributed by atoms with E-state index in [4.69, 9.17) is 14.2 Å². The van der Waals surface area contributed by atoms with Crippen molar-refractivity contribution in [3.63, 3.8) is 0 Å². The molecule has 0 spiro atoms. The standard InChI is InChI=1S/C27H24F3NO7/c1-24(2)10-36-25(3,37-11-24)26-8-14-16(15(9-26)38-23(31-26)27(28,29)30)22(35)18-17(21(14)34)19(32)12-6-4-5-7-13(12)20(18)33/h4-7,15,34-35H,8-11H2,1-3H3/t15?,26-/m0/s1. The van der Waals surface area contributed by atoms with Gasteiger partial charge in [0.1, 0.15) is 23.1 Å². The van der Waals surface area contributed by atoms with Crippen molar-refractivity contribution in [2.24, 2.45) is 10.4 Å². The molecule has 200 valence electrons. The van der Waals surface area contributed by atoms with Crippen LogP contribution in [0.4, 0.5) is 13.2 Å². The molecule has 2 aliphatic carbocycles. The number of phenolic OH excluding ortho intramolecular Hbond substituents is 2. The lowest BCUT2D eigenvalue weighted by Gasteiger charge is -2.54. The van der Waals surface area contributed by atoms with Gasteiger partial charge in [-0.1, -0.05) is 38.1 Å². The van der Waals surface area contributed by atoms with Crippen LogP contribution in [0.25, 0.3) is 0 Å². The first-order chi connectivity index (χ1) is 17.7. The van der Waals surface area contributed by atoms with Gasteiger partial charge in [-0.2, -0.15) is 13.2 Å². The van der Waals surface area contributed by atoms with Gasteiger partial charge in [0.15, 0.2) is 17.4 Å². The highest BCUT2D eigenvalue weighted by molar-refractivity contribution is 6.30. The predicted molar refractivity (Wildman–Crippen MR) is 126 cm³/mol. The highest BCUT2D eigenvalue weighted by Crippen LogP contribution is 2.57. The minimum Gasteiger partial charge on any atom is -0.507 e. The van der Waals surface area contributed by atoms with Crippen molar-refractivity contribution in [1.29, 1.82) is 0 Å². The molecule has 6 rings (SSSR count). The van der Waals surface area contributed by atoms with E-state index < -0.39 is 69.1 Å². The summed E-state index contributed by atoms with van der Waals surface area (Å²) in [5, 5.41) is 22.7. The number of carbonyl (C=O) groups excluding carboxylic acids is 2. The molecule has 2 N–H and O–H groups in total. The van der Waals surface area contributed by atoms with Crippen molar-refractivity contribution in [2.75, 3.05) is 13.2 Å². The van der Waals surface area contributed by atoms with Crippen LogP contribution in [0.1, 0.15) is 76.3 Å². The number of aliphatic imine (C=N–C) groups is 1. The second kappa shape index (κ2) is 7.57. The molecule has 0 amide bonds. The van der Waals surface area contributed by atoms with Gasteiger partial charge in [0, 0.05) is 40.5 Å². The third kappa shape index (κ3) is 3.27. The molecule has 2 bridgehead atoms. The number of halogens is 3. The van der Waals surface area contributed by atoms with E-state index in [1.54, 1.807) is 12.1 Å². The summed E-state index contributed by atoms with van der Waals surface area (Å²) in [4.78, 5) is 30.7. The van der Waals surface area contributed by atoms with Crippen molar-refractivity contribution < 1.29 is 47.2 Å². The third-order valence-electron chi connectivity index (χ3n) is 7.91. The van der Waals surface area contributed by atoms with Gasteiger partial charge >= 0.3 is 6.18 Å². The Bertz CT molecular complexity index is 1450. The maximum Gasteiger partial charge on any atom is 0.468 e. The van der Waals surface area contributed by atoms with E-state index >= 15 is 0 Å². The van der Waals surface area contributed by atoms with Crippen LogP contribution in [0.15, 0.2) is 29.3 Å². The summed E-state index contributed by atoms with van der Waals surface area (Å²) in [6.45, 7) is 5.60. The second-order valence-electron chi connectivity index (χ2n) is 11.2. The molecule has 38 heavy (non-hydrogen) atoms. The molecule has 8 nitrogen and oxygen atoms in total. The average molecular weight is 531 g/mol. The van der Waals surface area contributed by atoms with Gasteiger partial charge in [0.2, 0.25) is 0 Å². The van der Waals surface area contributed by atoms with E-state index in [2.05, 4.69) is 4.99 Å². The molecule has 2 atom stereocenters. The van der Waals surface area contributed by atoms with Crippen LogP contribution in [-0.2, 0) is 20.6 Å². The van der Waals surface area contributed by atoms with Crippen LogP contribution >= 0.6 is 0 Å². The van der Waals surface area contributed by atoms with Crippen LogP contribution < -0.4 is 0 Å². The molecule has 1 fully saturated rings. The number of benzene rings is 2. The number of rotatable bonds is 1. The number of phenols is 2. The minimum absolute atomic E-state index is 0.0195. The number of fused-ring (bicyclic) bond motifs is 6. The number of ether oxygens (including phenoxy) is 3. The Morgan fingerprint density at radius 1 is 0.947 bits per heavy atom. The van der Waals surface area contributed by atoms with Gasteiger partial charge in [0.05, 0.1) is 24.3 Å². The number of nitrogens with zero attached hydrogens (tertiary/aromatic N) is 1. The molecule has 0 radical (unpaired) electrons. The van der Waals surface area contributed by atoms with Gasteiger partial charge < -0.3 is 24.4 Å². The zero-order valence-electron chi connectivity index (χ0n) is 20.7.